The van der Waals surface area contributed by atoms with E-state index in [9.17, 15) is 14.7 Å². The van der Waals surface area contributed by atoms with Crippen molar-refractivity contribution in [3.63, 3.8) is 0 Å². The zero-order valence-electron chi connectivity index (χ0n) is 17.1. The molecule has 1 fully saturated rings. The first-order valence-electron chi connectivity index (χ1n) is 10.2. The van der Waals surface area contributed by atoms with Crippen LogP contribution < -0.4 is 5.56 Å². The molecule has 0 aromatic carbocycles. The van der Waals surface area contributed by atoms with Crippen molar-refractivity contribution in [3.8, 4) is 0 Å². The molecule has 28 heavy (non-hydrogen) atoms. The molecule has 3 rings (SSSR count). The molecule has 1 aliphatic rings. The maximum atomic E-state index is 13.2. The Morgan fingerprint density at radius 2 is 2.00 bits per heavy atom. The Hall–Kier alpha value is -2.21. The van der Waals surface area contributed by atoms with Crippen molar-refractivity contribution >= 4 is 5.78 Å². The predicted octanol–water partition coefficient (Wildman–Crippen LogP) is 3.06. The van der Waals surface area contributed by atoms with E-state index in [4.69, 9.17) is 0 Å². The van der Waals surface area contributed by atoms with Crippen LogP contribution in [0.1, 0.15) is 63.3 Å². The van der Waals surface area contributed by atoms with Crippen molar-refractivity contribution in [2.45, 2.75) is 77.5 Å². The van der Waals surface area contributed by atoms with Crippen LogP contribution in [0.3, 0.4) is 0 Å². The Bertz CT molecular complexity index is 870. The van der Waals surface area contributed by atoms with Gasteiger partial charge in [-0.2, -0.15) is 5.10 Å². The van der Waals surface area contributed by atoms with Gasteiger partial charge < -0.3 is 9.67 Å². The van der Waals surface area contributed by atoms with Crippen LogP contribution in [-0.4, -0.2) is 30.8 Å². The summed E-state index contributed by atoms with van der Waals surface area (Å²) in [5.74, 6) is 0.515. The molecule has 2 aromatic rings. The van der Waals surface area contributed by atoms with E-state index in [2.05, 4.69) is 5.10 Å². The van der Waals surface area contributed by atoms with E-state index >= 15 is 0 Å². The number of pyridine rings is 1. The fourth-order valence-corrected chi connectivity index (χ4v) is 4.09. The van der Waals surface area contributed by atoms with Gasteiger partial charge in [-0.25, -0.2) is 0 Å². The van der Waals surface area contributed by atoms with Crippen LogP contribution in [0.4, 0.5) is 0 Å². The molecule has 152 valence electrons. The zero-order valence-corrected chi connectivity index (χ0v) is 17.1. The van der Waals surface area contributed by atoms with E-state index < -0.39 is 11.6 Å². The van der Waals surface area contributed by atoms with Gasteiger partial charge in [0.25, 0.3) is 5.56 Å². The van der Waals surface area contributed by atoms with Crippen LogP contribution >= 0.6 is 0 Å². The fraction of sp³-hybridized carbons (Fsp3) is 0.591. The van der Waals surface area contributed by atoms with E-state index in [1.807, 2.05) is 19.1 Å². The summed E-state index contributed by atoms with van der Waals surface area (Å²) >= 11 is 0. The van der Waals surface area contributed by atoms with Crippen LogP contribution in [-0.2, 0) is 17.8 Å². The number of carbonyl (C=O) groups excluding carboxylic acids is 1. The maximum absolute atomic E-state index is 13.2. The predicted molar refractivity (Wildman–Crippen MR) is 108 cm³/mol. The second-order valence-corrected chi connectivity index (χ2v) is 8.81. The lowest BCUT2D eigenvalue weighted by Crippen LogP contribution is -2.31. The topological polar surface area (TPSA) is 77.1 Å². The normalized spacial score (nSPS) is 16.4. The summed E-state index contributed by atoms with van der Waals surface area (Å²) in [5.41, 5.74) is 0.585. The van der Waals surface area contributed by atoms with E-state index in [-0.39, 0.29) is 17.8 Å². The minimum Gasteiger partial charge on any atom is -0.389 e. The van der Waals surface area contributed by atoms with Gasteiger partial charge in [-0.1, -0.05) is 25.7 Å². The molecule has 0 amide bonds. The molecule has 0 spiro atoms. The Labute approximate surface area is 166 Å². The summed E-state index contributed by atoms with van der Waals surface area (Å²) in [4.78, 5) is 25.7. The molecule has 2 heterocycles. The molecule has 6 nitrogen and oxygen atoms in total. The smallest absolute Gasteiger partial charge is 0.251 e. The molecule has 0 unspecified atom stereocenters. The largest absolute Gasteiger partial charge is 0.389 e. The first-order valence-corrected chi connectivity index (χ1v) is 10.2. The van der Waals surface area contributed by atoms with Crippen LogP contribution in [0.25, 0.3) is 0 Å². The summed E-state index contributed by atoms with van der Waals surface area (Å²) in [6.45, 7) is 5.70. The first kappa shape index (κ1) is 20.5. The molecule has 1 saturated carbocycles. The Balaban J connectivity index is 1.79. The van der Waals surface area contributed by atoms with E-state index in [0.717, 1.165) is 18.4 Å². The minimum atomic E-state index is -0.868. The Morgan fingerprint density at radius 1 is 1.29 bits per heavy atom. The van der Waals surface area contributed by atoms with Crippen LogP contribution in [0.15, 0.2) is 35.4 Å². The van der Waals surface area contributed by atoms with Gasteiger partial charge in [0.15, 0.2) is 5.78 Å². The standard InChI is InChI=1S/C22H31N3O3/c1-16-8-11-25(21(27)12-16)19(13-17-6-4-5-7-17)20(26)14-18-9-10-24(23-18)15-22(2,3)28/h8-12,17,19,28H,4-7,13-15H2,1-3H3/t19-/m0/s1. The lowest BCUT2D eigenvalue weighted by Gasteiger charge is -2.22. The van der Waals surface area contributed by atoms with Gasteiger partial charge in [0, 0.05) is 18.5 Å². The number of Topliss-reactive ketones (excluding diaryl/α,β-unsaturated/α-hetero) is 1. The van der Waals surface area contributed by atoms with Gasteiger partial charge in [0.1, 0.15) is 0 Å². The highest BCUT2D eigenvalue weighted by atomic mass is 16.3. The summed E-state index contributed by atoms with van der Waals surface area (Å²) in [7, 11) is 0. The molecule has 1 aliphatic carbocycles. The monoisotopic (exact) mass is 385 g/mol. The number of carbonyl (C=O) groups is 1. The van der Waals surface area contributed by atoms with Crippen molar-refractivity contribution in [2.24, 2.45) is 5.92 Å². The van der Waals surface area contributed by atoms with Gasteiger partial charge in [-0.05, 0) is 50.8 Å². The van der Waals surface area contributed by atoms with Crippen molar-refractivity contribution in [1.29, 1.82) is 0 Å². The number of ketones is 1. The van der Waals surface area contributed by atoms with Crippen molar-refractivity contribution in [2.75, 3.05) is 0 Å². The van der Waals surface area contributed by atoms with Crippen LogP contribution in [0.5, 0.6) is 0 Å². The lowest BCUT2D eigenvalue weighted by molar-refractivity contribution is -0.122. The lowest BCUT2D eigenvalue weighted by atomic mass is 9.93. The third-order valence-electron chi connectivity index (χ3n) is 5.44. The van der Waals surface area contributed by atoms with Crippen molar-refractivity contribution in [1.82, 2.24) is 14.3 Å². The van der Waals surface area contributed by atoms with Crippen molar-refractivity contribution < 1.29 is 9.90 Å². The number of nitrogens with zero attached hydrogens (tertiary/aromatic N) is 3. The van der Waals surface area contributed by atoms with Crippen LogP contribution in [0, 0.1) is 12.8 Å². The van der Waals surface area contributed by atoms with Gasteiger partial charge in [-0.15, -0.1) is 0 Å². The van der Waals surface area contributed by atoms with E-state index in [0.29, 0.717) is 24.6 Å². The summed E-state index contributed by atoms with van der Waals surface area (Å²) in [6, 6.07) is 4.84. The highest BCUT2D eigenvalue weighted by molar-refractivity contribution is 5.84. The second-order valence-electron chi connectivity index (χ2n) is 8.81. The number of aryl methyl sites for hydroxylation is 1. The van der Waals surface area contributed by atoms with E-state index in [1.165, 1.54) is 12.8 Å². The molecule has 2 aromatic heterocycles. The SMILES string of the molecule is Cc1ccn([C@@H](CC2CCCC2)C(=O)Cc2ccn(CC(C)(C)O)n2)c(=O)c1. The molecule has 0 aliphatic heterocycles. The summed E-state index contributed by atoms with van der Waals surface area (Å²) < 4.78 is 3.26. The van der Waals surface area contributed by atoms with Gasteiger partial charge in [0.2, 0.25) is 0 Å². The van der Waals surface area contributed by atoms with E-state index in [1.54, 1.807) is 41.6 Å². The molecule has 6 heteroatoms. The molecule has 0 radical (unpaired) electrons. The summed E-state index contributed by atoms with van der Waals surface area (Å²) in [6.07, 6.45) is 9.11. The third-order valence-corrected chi connectivity index (χ3v) is 5.44. The van der Waals surface area contributed by atoms with Gasteiger partial charge in [0.05, 0.1) is 30.3 Å². The Morgan fingerprint density at radius 3 is 2.64 bits per heavy atom. The average molecular weight is 386 g/mol. The third kappa shape index (κ3) is 5.41. The van der Waals surface area contributed by atoms with Crippen LogP contribution in [0.2, 0.25) is 0 Å². The van der Waals surface area contributed by atoms with Crippen molar-refractivity contribution in [3.05, 3.63) is 52.2 Å². The molecule has 1 N–H and O–H groups in total. The fourth-order valence-electron chi connectivity index (χ4n) is 4.09. The number of hydrogen-bond acceptors (Lipinski definition) is 4. The first-order chi connectivity index (χ1) is 13.2. The number of rotatable bonds is 8. The molecule has 0 bridgehead atoms. The second kappa shape index (κ2) is 8.43. The quantitative estimate of drug-likeness (QED) is 0.758. The van der Waals surface area contributed by atoms with Gasteiger partial charge in [-0.3, -0.25) is 14.3 Å². The minimum absolute atomic E-state index is 0.0198. The number of aromatic nitrogens is 3. The highest BCUT2D eigenvalue weighted by Crippen LogP contribution is 2.32. The highest BCUT2D eigenvalue weighted by Gasteiger charge is 2.27. The number of hydrogen-bond donors (Lipinski definition) is 1. The summed E-state index contributed by atoms with van der Waals surface area (Å²) in [5, 5.41) is 14.4. The zero-order chi connectivity index (χ0) is 20.3. The molecular formula is C22H31N3O3. The number of aliphatic hydroxyl groups is 1. The van der Waals surface area contributed by atoms with Gasteiger partial charge >= 0.3 is 0 Å². The molecule has 1 atom stereocenters. The Kier molecular flexibility index (Phi) is 6.18. The molecular weight excluding hydrogens is 354 g/mol. The molecule has 0 saturated heterocycles. The average Bonchev–Trinajstić information content (AvgIpc) is 3.24. The maximum Gasteiger partial charge on any atom is 0.251 e.